The number of aromatic nitrogens is 1. The SMILES string of the molecule is CC(N)/C=C/c1ccc(Cl)nc1. The highest BCUT2D eigenvalue weighted by atomic mass is 35.5. The van der Waals surface area contributed by atoms with E-state index in [0.717, 1.165) is 5.56 Å². The summed E-state index contributed by atoms with van der Waals surface area (Å²) < 4.78 is 0. The van der Waals surface area contributed by atoms with Crippen molar-refractivity contribution in [1.82, 2.24) is 4.98 Å². The number of nitrogens with zero attached hydrogens (tertiary/aromatic N) is 1. The van der Waals surface area contributed by atoms with Gasteiger partial charge >= 0.3 is 0 Å². The second-order valence-corrected chi connectivity index (χ2v) is 3.02. The minimum Gasteiger partial charge on any atom is -0.325 e. The Balaban J connectivity index is 2.71. The van der Waals surface area contributed by atoms with Gasteiger partial charge < -0.3 is 5.73 Å². The maximum absolute atomic E-state index is 5.61. The molecule has 12 heavy (non-hydrogen) atoms. The molecule has 1 unspecified atom stereocenters. The predicted octanol–water partition coefficient (Wildman–Crippen LogP) is 2.10. The van der Waals surface area contributed by atoms with Gasteiger partial charge in [0.05, 0.1) is 0 Å². The number of pyridine rings is 1. The second-order valence-electron chi connectivity index (χ2n) is 2.63. The number of halogens is 1. The Morgan fingerprint density at radius 2 is 2.33 bits per heavy atom. The lowest BCUT2D eigenvalue weighted by atomic mass is 10.2. The summed E-state index contributed by atoms with van der Waals surface area (Å²) in [5.74, 6) is 0. The van der Waals surface area contributed by atoms with Crippen LogP contribution in [0.2, 0.25) is 5.15 Å². The van der Waals surface area contributed by atoms with Crippen LogP contribution in [0.4, 0.5) is 0 Å². The third kappa shape index (κ3) is 3.03. The first-order chi connectivity index (χ1) is 5.68. The zero-order valence-corrected chi connectivity index (χ0v) is 7.62. The molecule has 1 rings (SSSR count). The Labute approximate surface area is 77.1 Å². The van der Waals surface area contributed by atoms with Crippen LogP contribution < -0.4 is 5.73 Å². The molecule has 1 heterocycles. The third-order valence-electron chi connectivity index (χ3n) is 1.34. The first-order valence-corrected chi connectivity index (χ1v) is 4.11. The van der Waals surface area contributed by atoms with Gasteiger partial charge in [-0.05, 0) is 18.6 Å². The Hall–Kier alpha value is -0.860. The van der Waals surface area contributed by atoms with Gasteiger partial charge in [0.2, 0.25) is 0 Å². The molecular formula is C9H11ClN2. The van der Waals surface area contributed by atoms with Crippen molar-refractivity contribution >= 4 is 17.7 Å². The van der Waals surface area contributed by atoms with Crippen LogP contribution in [0.5, 0.6) is 0 Å². The van der Waals surface area contributed by atoms with Crippen molar-refractivity contribution in [2.24, 2.45) is 5.73 Å². The number of hydrogen-bond acceptors (Lipinski definition) is 2. The molecule has 0 aliphatic heterocycles. The van der Waals surface area contributed by atoms with E-state index in [2.05, 4.69) is 4.98 Å². The largest absolute Gasteiger partial charge is 0.325 e. The zero-order valence-electron chi connectivity index (χ0n) is 6.87. The molecule has 2 nitrogen and oxygen atoms in total. The fourth-order valence-corrected chi connectivity index (χ4v) is 0.861. The normalized spacial score (nSPS) is 13.6. The van der Waals surface area contributed by atoms with Gasteiger partial charge in [-0.3, -0.25) is 0 Å². The molecule has 0 aliphatic rings. The van der Waals surface area contributed by atoms with Crippen LogP contribution in [-0.4, -0.2) is 11.0 Å². The van der Waals surface area contributed by atoms with Gasteiger partial charge in [-0.15, -0.1) is 0 Å². The van der Waals surface area contributed by atoms with Gasteiger partial charge in [-0.1, -0.05) is 29.8 Å². The van der Waals surface area contributed by atoms with Gasteiger partial charge in [-0.2, -0.15) is 0 Å². The molecule has 0 spiro atoms. The summed E-state index contributed by atoms with van der Waals surface area (Å²) >= 11 is 5.61. The smallest absolute Gasteiger partial charge is 0.129 e. The van der Waals surface area contributed by atoms with Gasteiger partial charge in [0.15, 0.2) is 0 Å². The van der Waals surface area contributed by atoms with Crippen LogP contribution in [0, 0.1) is 0 Å². The van der Waals surface area contributed by atoms with E-state index in [9.17, 15) is 0 Å². The number of hydrogen-bond donors (Lipinski definition) is 1. The van der Waals surface area contributed by atoms with Crippen LogP contribution >= 0.6 is 11.6 Å². The average molecular weight is 183 g/mol. The van der Waals surface area contributed by atoms with E-state index in [0.29, 0.717) is 5.15 Å². The number of nitrogens with two attached hydrogens (primary N) is 1. The van der Waals surface area contributed by atoms with Crippen LogP contribution in [0.15, 0.2) is 24.4 Å². The van der Waals surface area contributed by atoms with Crippen molar-refractivity contribution in [3.63, 3.8) is 0 Å². The van der Waals surface area contributed by atoms with E-state index in [1.54, 1.807) is 12.3 Å². The maximum atomic E-state index is 5.61. The molecule has 0 saturated carbocycles. The average Bonchev–Trinajstić information content (AvgIpc) is 2.03. The Kier molecular flexibility index (Phi) is 3.26. The molecule has 2 N–H and O–H groups in total. The lowest BCUT2D eigenvalue weighted by Gasteiger charge is -1.95. The lowest BCUT2D eigenvalue weighted by Crippen LogP contribution is -2.09. The van der Waals surface area contributed by atoms with E-state index >= 15 is 0 Å². The molecule has 0 fully saturated rings. The van der Waals surface area contributed by atoms with Crippen molar-refractivity contribution < 1.29 is 0 Å². The highest BCUT2D eigenvalue weighted by Gasteiger charge is 1.89. The molecule has 0 bridgehead atoms. The van der Waals surface area contributed by atoms with Crippen molar-refractivity contribution in [1.29, 1.82) is 0 Å². The molecule has 0 saturated heterocycles. The van der Waals surface area contributed by atoms with Gasteiger partial charge in [0.25, 0.3) is 0 Å². The van der Waals surface area contributed by atoms with E-state index in [-0.39, 0.29) is 6.04 Å². The van der Waals surface area contributed by atoms with E-state index in [1.165, 1.54) is 0 Å². The molecule has 0 radical (unpaired) electrons. The summed E-state index contributed by atoms with van der Waals surface area (Å²) in [5.41, 5.74) is 6.55. The highest BCUT2D eigenvalue weighted by molar-refractivity contribution is 6.29. The van der Waals surface area contributed by atoms with Crippen LogP contribution in [0.3, 0.4) is 0 Å². The minimum atomic E-state index is 0.0701. The molecule has 1 atom stereocenters. The van der Waals surface area contributed by atoms with Crippen LogP contribution in [-0.2, 0) is 0 Å². The Bertz CT molecular complexity index is 264. The quantitative estimate of drug-likeness (QED) is 0.712. The third-order valence-corrected chi connectivity index (χ3v) is 1.57. The Morgan fingerprint density at radius 1 is 1.58 bits per heavy atom. The number of rotatable bonds is 2. The molecular weight excluding hydrogens is 172 g/mol. The molecule has 1 aromatic rings. The van der Waals surface area contributed by atoms with E-state index in [4.69, 9.17) is 17.3 Å². The van der Waals surface area contributed by atoms with Gasteiger partial charge in [0, 0.05) is 12.2 Å². The maximum Gasteiger partial charge on any atom is 0.129 e. The van der Waals surface area contributed by atoms with Crippen LogP contribution in [0.25, 0.3) is 6.08 Å². The molecule has 0 aromatic carbocycles. The van der Waals surface area contributed by atoms with E-state index in [1.807, 2.05) is 25.1 Å². The monoisotopic (exact) mass is 182 g/mol. The van der Waals surface area contributed by atoms with Crippen LogP contribution in [0.1, 0.15) is 12.5 Å². The highest BCUT2D eigenvalue weighted by Crippen LogP contribution is 2.06. The molecule has 64 valence electrons. The van der Waals surface area contributed by atoms with Gasteiger partial charge in [-0.25, -0.2) is 4.98 Å². The first-order valence-electron chi connectivity index (χ1n) is 3.74. The topological polar surface area (TPSA) is 38.9 Å². The molecule has 3 heteroatoms. The fourth-order valence-electron chi connectivity index (χ4n) is 0.749. The summed E-state index contributed by atoms with van der Waals surface area (Å²) in [6.45, 7) is 1.92. The minimum absolute atomic E-state index is 0.0701. The molecule has 0 amide bonds. The second kappa shape index (κ2) is 4.24. The summed E-state index contributed by atoms with van der Waals surface area (Å²) in [7, 11) is 0. The summed E-state index contributed by atoms with van der Waals surface area (Å²) in [4.78, 5) is 3.93. The summed E-state index contributed by atoms with van der Waals surface area (Å²) in [5, 5.41) is 0.507. The lowest BCUT2D eigenvalue weighted by molar-refractivity contribution is 0.930. The predicted molar refractivity (Wildman–Crippen MR) is 51.9 cm³/mol. The van der Waals surface area contributed by atoms with Crippen molar-refractivity contribution in [2.75, 3.05) is 0 Å². The van der Waals surface area contributed by atoms with E-state index < -0.39 is 0 Å². The zero-order chi connectivity index (χ0) is 8.97. The first kappa shape index (κ1) is 9.23. The summed E-state index contributed by atoms with van der Waals surface area (Å²) in [6, 6.07) is 3.72. The van der Waals surface area contributed by atoms with Crippen molar-refractivity contribution in [3.05, 3.63) is 35.1 Å². The van der Waals surface area contributed by atoms with Crippen molar-refractivity contribution in [3.8, 4) is 0 Å². The molecule has 1 aromatic heterocycles. The van der Waals surface area contributed by atoms with Crippen molar-refractivity contribution in [2.45, 2.75) is 13.0 Å². The Morgan fingerprint density at radius 3 is 2.83 bits per heavy atom. The fraction of sp³-hybridized carbons (Fsp3) is 0.222. The standard InChI is InChI=1S/C9H11ClN2/c1-7(11)2-3-8-4-5-9(10)12-6-8/h2-7H,11H2,1H3/b3-2+. The summed E-state index contributed by atoms with van der Waals surface area (Å²) in [6.07, 6.45) is 5.54. The molecule has 0 aliphatic carbocycles. The van der Waals surface area contributed by atoms with Gasteiger partial charge in [0.1, 0.15) is 5.15 Å².